The average molecular weight is 262 g/mol. The number of rotatable bonds is 4. The highest BCUT2D eigenvalue weighted by molar-refractivity contribution is 7.46. The molecule has 2 N–H and O–H groups in total. The van der Waals surface area contributed by atoms with Gasteiger partial charge in [0.15, 0.2) is 11.5 Å². The summed E-state index contributed by atoms with van der Waals surface area (Å²) in [7, 11) is -2.22. The highest BCUT2D eigenvalue weighted by Crippen LogP contribution is 2.42. The van der Waals surface area contributed by atoms with Crippen LogP contribution in [0.3, 0.4) is 0 Å². The van der Waals surface area contributed by atoms with Crippen molar-refractivity contribution in [3.63, 3.8) is 0 Å². The van der Waals surface area contributed by atoms with E-state index in [4.69, 9.17) is 14.5 Å². The molecule has 0 heterocycles. The van der Waals surface area contributed by atoms with Gasteiger partial charge < -0.3 is 14.0 Å². The molecular formula is C9H11O7P. The summed E-state index contributed by atoms with van der Waals surface area (Å²) in [6, 6.07) is 3.86. The number of esters is 1. The van der Waals surface area contributed by atoms with Crippen LogP contribution in [0, 0.1) is 0 Å². The summed E-state index contributed by atoms with van der Waals surface area (Å²) in [5.41, 5.74) is 0.0942. The lowest BCUT2D eigenvalue weighted by Crippen LogP contribution is -2.02. The number of ether oxygens (including phenoxy) is 2. The fourth-order valence-electron chi connectivity index (χ4n) is 1.12. The van der Waals surface area contributed by atoms with Crippen molar-refractivity contribution in [2.75, 3.05) is 14.2 Å². The van der Waals surface area contributed by atoms with Crippen LogP contribution in [0.25, 0.3) is 0 Å². The minimum atomic E-state index is -4.72. The van der Waals surface area contributed by atoms with Gasteiger partial charge in [-0.15, -0.1) is 0 Å². The van der Waals surface area contributed by atoms with E-state index in [1.807, 2.05) is 0 Å². The smallest absolute Gasteiger partial charge is 0.493 e. The number of phosphoric acid groups is 1. The van der Waals surface area contributed by atoms with Crippen molar-refractivity contribution in [2.45, 2.75) is 0 Å². The van der Waals surface area contributed by atoms with Crippen LogP contribution >= 0.6 is 7.82 Å². The Morgan fingerprint density at radius 1 is 1.24 bits per heavy atom. The van der Waals surface area contributed by atoms with E-state index in [1.54, 1.807) is 0 Å². The first-order valence-electron chi connectivity index (χ1n) is 4.39. The minimum absolute atomic E-state index is 0.0942. The summed E-state index contributed by atoms with van der Waals surface area (Å²) in [4.78, 5) is 28.6. The van der Waals surface area contributed by atoms with Gasteiger partial charge in [-0.3, -0.25) is 9.79 Å². The molecule has 7 nitrogen and oxygen atoms in total. The van der Waals surface area contributed by atoms with Gasteiger partial charge in [0, 0.05) is 0 Å². The van der Waals surface area contributed by atoms with Gasteiger partial charge in [0.25, 0.3) is 0 Å². The number of carbonyl (C=O) groups is 1. The molecule has 0 amide bonds. The molecule has 0 radical (unpaired) electrons. The van der Waals surface area contributed by atoms with Gasteiger partial charge in [0.1, 0.15) is 0 Å². The van der Waals surface area contributed by atoms with Gasteiger partial charge in [-0.25, -0.2) is 9.36 Å². The Bertz CT molecular complexity index is 464. The molecule has 0 saturated carbocycles. The molecule has 1 rings (SSSR count). The van der Waals surface area contributed by atoms with Gasteiger partial charge in [-0.1, -0.05) is 0 Å². The monoisotopic (exact) mass is 262 g/mol. The van der Waals surface area contributed by atoms with Crippen molar-refractivity contribution in [3.8, 4) is 11.5 Å². The highest BCUT2D eigenvalue weighted by Gasteiger charge is 2.20. The van der Waals surface area contributed by atoms with Crippen molar-refractivity contribution in [1.29, 1.82) is 0 Å². The van der Waals surface area contributed by atoms with Crippen molar-refractivity contribution in [2.24, 2.45) is 0 Å². The fourth-order valence-corrected chi connectivity index (χ4v) is 1.52. The Morgan fingerprint density at radius 3 is 2.35 bits per heavy atom. The maximum absolute atomic E-state index is 11.2. The molecule has 0 spiro atoms. The van der Waals surface area contributed by atoms with Crippen LogP contribution in [0.15, 0.2) is 18.2 Å². The van der Waals surface area contributed by atoms with Crippen LogP contribution in [0.2, 0.25) is 0 Å². The maximum Gasteiger partial charge on any atom is 0.524 e. The van der Waals surface area contributed by atoms with Crippen LogP contribution < -0.4 is 9.26 Å². The van der Waals surface area contributed by atoms with E-state index < -0.39 is 13.8 Å². The quantitative estimate of drug-likeness (QED) is 0.615. The first-order valence-corrected chi connectivity index (χ1v) is 5.92. The van der Waals surface area contributed by atoms with E-state index in [1.165, 1.54) is 26.4 Å². The molecule has 0 aliphatic carbocycles. The van der Waals surface area contributed by atoms with Gasteiger partial charge in [-0.05, 0) is 18.2 Å². The molecule has 0 aromatic heterocycles. The molecule has 0 unspecified atom stereocenters. The number of benzene rings is 1. The van der Waals surface area contributed by atoms with Crippen molar-refractivity contribution in [3.05, 3.63) is 23.8 Å². The number of carbonyl (C=O) groups excluding carboxylic acids is 1. The van der Waals surface area contributed by atoms with Gasteiger partial charge in [0.2, 0.25) is 0 Å². The van der Waals surface area contributed by atoms with Crippen LogP contribution in [0.5, 0.6) is 11.5 Å². The molecule has 0 saturated heterocycles. The number of hydrogen-bond acceptors (Lipinski definition) is 5. The first kappa shape index (κ1) is 13.5. The van der Waals surface area contributed by atoms with E-state index in [9.17, 15) is 9.36 Å². The molecule has 17 heavy (non-hydrogen) atoms. The summed E-state index contributed by atoms with van der Waals surface area (Å²) >= 11 is 0. The van der Waals surface area contributed by atoms with Gasteiger partial charge >= 0.3 is 13.8 Å². The SMILES string of the molecule is COC(=O)c1ccc(OC)c(OP(=O)(O)O)c1. The Balaban J connectivity index is 3.15. The standard InChI is InChI=1S/C9H11O7P/c1-14-7-4-3-6(9(10)15-2)5-8(7)16-17(11,12)13/h3-5H,1-2H3,(H2,11,12,13). The topological polar surface area (TPSA) is 102 Å². The summed E-state index contributed by atoms with van der Waals surface area (Å²) in [6.45, 7) is 0. The second-order valence-corrected chi connectivity index (χ2v) is 4.10. The van der Waals surface area contributed by atoms with Gasteiger partial charge in [0.05, 0.1) is 19.8 Å². The Labute approximate surface area is 97.2 Å². The summed E-state index contributed by atoms with van der Waals surface area (Å²) < 4.78 is 24.4. The van der Waals surface area contributed by atoms with Crippen LogP contribution in [0.1, 0.15) is 10.4 Å². The maximum atomic E-state index is 11.2. The van der Waals surface area contributed by atoms with Gasteiger partial charge in [-0.2, -0.15) is 0 Å². The third-order valence-corrected chi connectivity index (χ3v) is 2.24. The van der Waals surface area contributed by atoms with Crippen molar-refractivity contribution < 1.29 is 33.1 Å². The zero-order chi connectivity index (χ0) is 13.1. The molecule has 94 valence electrons. The summed E-state index contributed by atoms with van der Waals surface area (Å²) in [5, 5.41) is 0. The number of methoxy groups -OCH3 is 2. The predicted molar refractivity (Wildman–Crippen MR) is 57.0 cm³/mol. The summed E-state index contributed by atoms with van der Waals surface area (Å²) in [6.07, 6.45) is 0. The largest absolute Gasteiger partial charge is 0.524 e. The second kappa shape index (κ2) is 5.18. The summed E-state index contributed by atoms with van der Waals surface area (Å²) in [5.74, 6) is -0.784. The van der Waals surface area contributed by atoms with E-state index in [-0.39, 0.29) is 17.1 Å². The Morgan fingerprint density at radius 2 is 1.88 bits per heavy atom. The lowest BCUT2D eigenvalue weighted by Gasteiger charge is -2.11. The molecule has 0 atom stereocenters. The Hall–Kier alpha value is -1.56. The molecule has 1 aromatic carbocycles. The molecule has 0 aliphatic rings. The van der Waals surface area contributed by atoms with Crippen LogP contribution in [-0.2, 0) is 9.30 Å². The lowest BCUT2D eigenvalue weighted by atomic mass is 10.2. The van der Waals surface area contributed by atoms with Crippen LogP contribution in [0.4, 0.5) is 0 Å². The second-order valence-electron chi connectivity index (χ2n) is 2.94. The van der Waals surface area contributed by atoms with Crippen molar-refractivity contribution >= 4 is 13.8 Å². The van der Waals surface area contributed by atoms with Crippen molar-refractivity contribution in [1.82, 2.24) is 0 Å². The minimum Gasteiger partial charge on any atom is -0.493 e. The first-order chi connectivity index (χ1) is 7.87. The van der Waals surface area contributed by atoms with E-state index >= 15 is 0 Å². The molecular weight excluding hydrogens is 251 g/mol. The average Bonchev–Trinajstić information content (AvgIpc) is 2.25. The predicted octanol–water partition coefficient (Wildman–Crippen LogP) is 0.953. The Kier molecular flexibility index (Phi) is 4.11. The molecule has 1 aromatic rings. The van der Waals surface area contributed by atoms with E-state index in [0.717, 1.165) is 6.07 Å². The zero-order valence-corrected chi connectivity index (χ0v) is 10.0. The lowest BCUT2D eigenvalue weighted by molar-refractivity contribution is 0.0600. The van der Waals surface area contributed by atoms with Crippen LogP contribution in [-0.4, -0.2) is 30.0 Å². The molecule has 8 heteroatoms. The number of hydrogen-bond donors (Lipinski definition) is 2. The molecule has 0 fully saturated rings. The highest BCUT2D eigenvalue weighted by atomic mass is 31.2. The molecule has 0 bridgehead atoms. The normalized spacial score (nSPS) is 10.8. The third kappa shape index (κ3) is 3.74. The third-order valence-electron chi connectivity index (χ3n) is 1.80. The van der Waals surface area contributed by atoms with E-state index in [0.29, 0.717) is 0 Å². The van der Waals surface area contributed by atoms with E-state index in [2.05, 4.69) is 9.26 Å². The number of phosphoric ester groups is 1. The zero-order valence-electron chi connectivity index (χ0n) is 9.11. The molecule has 0 aliphatic heterocycles. The fraction of sp³-hybridized carbons (Fsp3) is 0.222.